The summed E-state index contributed by atoms with van der Waals surface area (Å²) in [6.45, 7) is 1.32. The molecular weight excluding hydrogens is 243 g/mol. The van der Waals surface area contributed by atoms with E-state index in [1.165, 1.54) is 19.1 Å². The molecule has 5 heteroatoms. The minimum atomic E-state index is -4.64. The number of nitrogens with one attached hydrogen (secondary N) is 1. The Bertz CT molecular complexity index is 541. The van der Waals surface area contributed by atoms with Gasteiger partial charge in [-0.15, -0.1) is 5.92 Å². The first kappa shape index (κ1) is 12.5. The molecule has 2 rings (SSSR count). The highest BCUT2D eigenvalue weighted by molar-refractivity contribution is 5.79. The molecule has 2 atom stereocenters. The van der Waals surface area contributed by atoms with Gasteiger partial charge in [0.1, 0.15) is 6.29 Å². The third-order valence-corrected chi connectivity index (χ3v) is 3.00. The second kappa shape index (κ2) is 4.05. The third kappa shape index (κ3) is 1.57. The first-order chi connectivity index (χ1) is 8.46. The van der Waals surface area contributed by atoms with Crippen molar-refractivity contribution in [1.82, 2.24) is 0 Å². The summed E-state index contributed by atoms with van der Waals surface area (Å²) in [5.74, 6) is 3.05. The van der Waals surface area contributed by atoms with E-state index >= 15 is 0 Å². The lowest BCUT2D eigenvalue weighted by Gasteiger charge is -2.30. The van der Waals surface area contributed by atoms with E-state index in [9.17, 15) is 18.0 Å². The van der Waals surface area contributed by atoms with Gasteiger partial charge in [-0.1, -0.05) is 24.1 Å². The van der Waals surface area contributed by atoms with Crippen LogP contribution in [-0.2, 0) is 4.79 Å². The number of carbonyl (C=O) groups is 1. The number of benzene rings is 1. The van der Waals surface area contributed by atoms with Gasteiger partial charge in [0.05, 0.1) is 5.92 Å². The molecule has 1 aromatic carbocycles. The highest BCUT2D eigenvalue weighted by Crippen LogP contribution is 2.49. The molecule has 18 heavy (non-hydrogen) atoms. The topological polar surface area (TPSA) is 29.1 Å². The van der Waals surface area contributed by atoms with E-state index in [0.717, 1.165) is 0 Å². The fourth-order valence-electron chi connectivity index (χ4n) is 2.21. The van der Waals surface area contributed by atoms with Crippen LogP contribution in [0, 0.1) is 11.8 Å². The van der Waals surface area contributed by atoms with Crippen molar-refractivity contribution in [3.8, 4) is 11.8 Å². The SMILES string of the molecule is CC#CC1(C(F)(F)F)Nc2ccccc2C1C=O. The average Bonchev–Trinajstić information content (AvgIpc) is 2.63. The van der Waals surface area contributed by atoms with Crippen molar-refractivity contribution < 1.29 is 18.0 Å². The van der Waals surface area contributed by atoms with Crippen LogP contribution in [0.15, 0.2) is 24.3 Å². The van der Waals surface area contributed by atoms with E-state index in [4.69, 9.17) is 0 Å². The van der Waals surface area contributed by atoms with Crippen LogP contribution >= 0.6 is 0 Å². The Balaban J connectivity index is 2.65. The molecular formula is C13H10F3NO. The Hall–Kier alpha value is -1.96. The maximum atomic E-state index is 13.3. The van der Waals surface area contributed by atoms with Crippen LogP contribution < -0.4 is 5.32 Å². The lowest BCUT2D eigenvalue weighted by molar-refractivity contribution is -0.167. The largest absolute Gasteiger partial charge is 0.423 e. The molecule has 0 radical (unpaired) electrons. The van der Waals surface area contributed by atoms with Crippen molar-refractivity contribution in [2.24, 2.45) is 0 Å². The van der Waals surface area contributed by atoms with Crippen molar-refractivity contribution in [3.63, 3.8) is 0 Å². The number of hydrogen-bond donors (Lipinski definition) is 1. The van der Waals surface area contributed by atoms with Crippen molar-refractivity contribution >= 4 is 12.0 Å². The monoisotopic (exact) mass is 253 g/mol. The van der Waals surface area contributed by atoms with Gasteiger partial charge in [0.2, 0.25) is 5.54 Å². The summed E-state index contributed by atoms with van der Waals surface area (Å²) in [6, 6.07) is 6.23. The summed E-state index contributed by atoms with van der Waals surface area (Å²) in [7, 11) is 0. The molecule has 1 aromatic rings. The van der Waals surface area contributed by atoms with Crippen LogP contribution in [0.2, 0.25) is 0 Å². The number of carbonyl (C=O) groups excluding carboxylic acids is 1. The van der Waals surface area contributed by atoms with Crippen LogP contribution in [0.3, 0.4) is 0 Å². The molecule has 2 unspecified atom stereocenters. The Morgan fingerprint density at radius 1 is 1.39 bits per heavy atom. The quantitative estimate of drug-likeness (QED) is 0.616. The van der Waals surface area contributed by atoms with Crippen LogP contribution in [0.25, 0.3) is 0 Å². The van der Waals surface area contributed by atoms with Crippen LogP contribution in [0.4, 0.5) is 18.9 Å². The molecule has 0 saturated heterocycles. The number of para-hydroxylation sites is 1. The van der Waals surface area contributed by atoms with Gasteiger partial charge < -0.3 is 10.1 Å². The molecule has 0 aliphatic carbocycles. The molecule has 0 bridgehead atoms. The van der Waals surface area contributed by atoms with Crippen molar-refractivity contribution in [3.05, 3.63) is 29.8 Å². The molecule has 0 saturated carbocycles. The lowest BCUT2D eigenvalue weighted by Crippen LogP contribution is -2.52. The first-order valence-corrected chi connectivity index (χ1v) is 5.29. The Morgan fingerprint density at radius 3 is 2.61 bits per heavy atom. The molecule has 0 aromatic heterocycles. The van der Waals surface area contributed by atoms with E-state index in [2.05, 4.69) is 17.2 Å². The highest BCUT2D eigenvalue weighted by Gasteiger charge is 2.62. The van der Waals surface area contributed by atoms with Gasteiger partial charge in [-0.05, 0) is 18.6 Å². The van der Waals surface area contributed by atoms with Crippen LogP contribution in [-0.4, -0.2) is 18.0 Å². The fraction of sp³-hybridized carbons (Fsp3) is 0.308. The Labute approximate surface area is 102 Å². The summed E-state index contributed by atoms with van der Waals surface area (Å²) in [5, 5.41) is 2.36. The van der Waals surface area contributed by atoms with E-state index in [1.54, 1.807) is 12.1 Å². The number of halogens is 3. The van der Waals surface area contributed by atoms with Gasteiger partial charge in [0.15, 0.2) is 0 Å². The van der Waals surface area contributed by atoms with E-state index < -0.39 is 17.6 Å². The van der Waals surface area contributed by atoms with Gasteiger partial charge in [-0.2, -0.15) is 13.2 Å². The molecule has 2 nitrogen and oxygen atoms in total. The maximum absolute atomic E-state index is 13.3. The smallest absolute Gasteiger partial charge is 0.361 e. The molecule has 1 heterocycles. The van der Waals surface area contributed by atoms with E-state index in [1.807, 2.05) is 0 Å². The first-order valence-electron chi connectivity index (χ1n) is 5.29. The lowest BCUT2D eigenvalue weighted by atomic mass is 9.83. The number of hydrogen-bond acceptors (Lipinski definition) is 2. The predicted octanol–water partition coefficient (Wildman–Crippen LogP) is 2.72. The molecule has 94 valence electrons. The summed E-state index contributed by atoms with van der Waals surface area (Å²) < 4.78 is 39.8. The Kier molecular flexibility index (Phi) is 2.81. The van der Waals surface area contributed by atoms with Gasteiger partial charge >= 0.3 is 6.18 Å². The van der Waals surface area contributed by atoms with Gasteiger partial charge in [0.25, 0.3) is 0 Å². The van der Waals surface area contributed by atoms with Crippen LogP contribution in [0.1, 0.15) is 18.4 Å². The van der Waals surface area contributed by atoms with Gasteiger partial charge in [-0.25, -0.2) is 0 Å². The second-order valence-corrected chi connectivity index (χ2v) is 4.01. The molecule has 1 aliphatic heterocycles. The predicted molar refractivity (Wildman–Crippen MR) is 61.1 cm³/mol. The van der Waals surface area contributed by atoms with Crippen molar-refractivity contribution in [1.29, 1.82) is 0 Å². The normalized spacial score (nSPS) is 25.7. The summed E-state index contributed by atoms with van der Waals surface area (Å²) in [6.07, 6.45) is -4.34. The van der Waals surface area contributed by atoms with Crippen molar-refractivity contribution in [2.45, 2.75) is 24.6 Å². The molecule has 0 spiro atoms. The highest BCUT2D eigenvalue weighted by atomic mass is 19.4. The number of rotatable bonds is 1. The molecule has 0 amide bonds. The number of aldehydes is 1. The molecule has 1 aliphatic rings. The van der Waals surface area contributed by atoms with Gasteiger partial charge in [-0.3, -0.25) is 0 Å². The van der Waals surface area contributed by atoms with Crippen LogP contribution in [0.5, 0.6) is 0 Å². The minimum absolute atomic E-state index is 0.301. The van der Waals surface area contributed by atoms with Gasteiger partial charge in [0, 0.05) is 5.69 Å². The van der Waals surface area contributed by atoms with E-state index in [-0.39, 0.29) is 0 Å². The number of fused-ring (bicyclic) bond motifs is 1. The zero-order valence-corrected chi connectivity index (χ0v) is 9.51. The fourth-order valence-corrected chi connectivity index (χ4v) is 2.21. The standard InChI is InChI=1S/C13H10F3NO/c1-2-7-12(13(14,15)16)10(8-18)9-5-3-4-6-11(9)17-12/h3-6,8,10,17H,1H3. The average molecular weight is 253 g/mol. The number of anilines is 1. The Morgan fingerprint density at radius 2 is 2.06 bits per heavy atom. The zero-order valence-electron chi connectivity index (χ0n) is 9.51. The number of alkyl halides is 3. The maximum Gasteiger partial charge on any atom is 0.423 e. The summed E-state index contributed by atoms with van der Waals surface area (Å²) in [5.41, 5.74) is -1.89. The zero-order chi connectivity index (χ0) is 13.4. The summed E-state index contributed by atoms with van der Waals surface area (Å²) >= 11 is 0. The molecule has 1 N–H and O–H groups in total. The third-order valence-electron chi connectivity index (χ3n) is 3.00. The summed E-state index contributed by atoms with van der Waals surface area (Å²) in [4.78, 5) is 11.1. The second-order valence-electron chi connectivity index (χ2n) is 4.01. The van der Waals surface area contributed by atoms with Crippen molar-refractivity contribution in [2.75, 3.05) is 5.32 Å². The minimum Gasteiger partial charge on any atom is -0.361 e. The molecule has 0 fully saturated rings. The van der Waals surface area contributed by atoms with E-state index in [0.29, 0.717) is 17.5 Å².